The maximum absolute atomic E-state index is 5.19. The molecule has 0 aliphatic carbocycles. The van der Waals surface area contributed by atoms with E-state index < -0.39 is 0 Å². The average Bonchev–Trinajstić information content (AvgIpc) is 3.24. The van der Waals surface area contributed by atoms with Crippen LogP contribution >= 0.6 is 0 Å². The van der Waals surface area contributed by atoms with Crippen molar-refractivity contribution in [2.75, 3.05) is 43.1 Å². The van der Waals surface area contributed by atoms with Gasteiger partial charge in [0.15, 0.2) is 11.5 Å². The molecule has 0 amide bonds. The summed E-state index contributed by atoms with van der Waals surface area (Å²) in [5.74, 6) is 2.26. The van der Waals surface area contributed by atoms with Crippen LogP contribution in [0.25, 0.3) is 16.7 Å². The molecule has 0 N–H and O–H groups in total. The first kappa shape index (κ1) is 17.4. The van der Waals surface area contributed by atoms with Crippen LogP contribution in [0.15, 0.2) is 55.2 Å². The standard InChI is InChI=1S/C20H20N8O/c1-29-18-13-21-12-17(25-18)26-7-9-27(10-8-26)19-16-11-24-28(20(16)23-14-22-19)15-5-3-2-4-6-15/h2-6,11-14H,7-10H2,1H3. The predicted molar refractivity (Wildman–Crippen MR) is 110 cm³/mol. The zero-order chi connectivity index (χ0) is 19.6. The molecule has 1 aliphatic heterocycles. The van der Waals surface area contributed by atoms with Crippen LogP contribution in [-0.2, 0) is 0 Å². The Hall–Kier alpha value is -3.75. The molecule has 4 aromatic rings. The van der Waals surface area contributed by atoms with Crippen molar-refractivity contribution in [3.8, 4) is 11.6 Å². The van der Waals surface area contributed by atoms with Gasteiger partial charge >= 0.3 is 0 Å². The van der Waals surface area contributed by atoms with E-state index in [0.29, 0.717) is 5.88 Å². The van der Waals surface area contributed by atoms with Crippen LogP contribution in [0.3, 0.4) is 0 Å². The Bertz CT molecular complexity index is 1120. The lowest BCUT2D eigenvalue weighted by molar-refractivity contribution is 0.395. The van der Waals surface area contributed by atoms with Gasteiger partial charge in [0.1, 0.15) is 12.1 Å². The molecule has 4 heterocycles. The molecule has 0 bridgehead atoms. The highest BCUT2D eigenvalue weighted by Crippen LogP contribution is 2.26. The summed E-state index contributed by atoms with van der Waals surface area (Å²) in [5.41, 5.74) is 1.79. The lowest BCUT2D eigenvalue weighted by atomic mass is 10.2. The molecule has 9 nitrogen and oxygen atoms in total. The summed E-state index contributed by atoms with van der Waals surface area (Å²) in [6.07, 6.45) is 6.84. The summed E-state index contributed by atoms with van der Waals surface area (Å²) >= 11 is 0. The molecule has 0 saturated carbocycles. The first-order valence-electron chi connectivity index (χ1n) is 9.43. The van der Waals surface area contributed by atoms with Crippen molar-refractivity contribution in [2.45, 2.75) is 0 Å². The quantitative estimate of drug-likeness (QED) is 0.524. The summed E-state index contributed by atoms with van der Waals surface area (Å²) in [6, 6.07) is 10.0. The number of hydrogen-bond acceptors (Lipinski definition) is 8. The molecule has 1 fully saturated rings. The number of hydrogen-bond donors (Lipinski definition) is 0. The van der Waals surface area contributed by atoms with Gasteiger partial charge in [-0.3, -0.25) is 4.98 Å². The van der Waals surface area contributed by atoms with E-state index in [-0.39, 0.29) is 0 Å². The number of aromatic nitrogens is 6. The summed E-state index contributed by atoms with van der Waals surface area (Å²) in [7, 11) is 1.60. The molecular formula is C20H20N8O. The smallest absolute Gasteiger partial charge is 0.233 e. The molecule has 1 aliphatic rings. The van der Waals surface area contributed by atoms with Crippen molar-refractivity contribution < 1.29 is 4.74 Å². The Morgan fingerprint density at radius 3 is 2.48 bits per heavy atom. The van der Waals surface area contributed by atoms with Crippen LogP contribution in [0.4, 0.5) is 11.6 Å². The van der Waals surface area contributed by atoms with E-state index in [1.807, 2.05) is 41.2 Å². The summed E-state index contributed by atoms with van der Waals surface area (Å²) in [5, 5.41) is 5.50. The van der Waals surface area contributed by atoms with Gasteiger partial charge in [-0.25, -0.2) is 14.6 Å². The van der Waals surface area contributed by atoms with Gasteiger partial charge in [-0.1, -0.05) is 18.2 Å². The second kappa shape index (κ2) is 7.34. The zero-order valence-electron chi connectivity index (χ0n) is 16.0. The highest BCUT2D eigenvalue weighted by Gasteiger charge is 2.22. The molecule has 0 unspecified atom stereocenters. The van der Waals surface area contributed by atoms with E-state index in [2.05, 4.69) is 34.8 Å². The van der Waals surface area contributed by atoms with E-state index in [0.717, 1.165) is 54.5 Å². The largest absolute Gasteiger partial charge is 0.480 e. The van der Waals surface area contributed by atoms with E-state index in [1.54, 1.807) is 25.8 Å². The SMILES string of the molecule is COc1cncc(N2CCN(c3ncnc4c3cnn4-c3ccccc3)CC2)n1. The highest BCUT2D eigenvalue weighted by molar-refractivity contribution is 5.87. The topological polar surface area (TPSA) is 85.1 Å². The fourth-order valence-electron chi connectivity index (χ4n) is 3.58. The van der Waals surface area contributed by atoms with Crippen LogP contribution in [-0.4, -0.2) is 63.0 Å². The predicted octanol–water partition coefficient (Wildman–Crippen LogP) is 1.94. The normalized spacial score (nSPS) is 14.4. The van der Waals surface area contributed by atoms with Gasteiger partial charge in [0.05, 0.1) is 36.8 Å². The van der Waals surface area contributed by atoms with Gasteiger partial charge in [-0.05, 0) is 12.1 Å². The Balaban J connectivity index is 1.39. The molecule has 3 aromatic heterocycles. The van der Waals surface area contributed by atoms with Gasteiger partial charge < -0.3 is 14.5 Å². The van der Waals surface area contributed by atoms with Crippen LogP contribution < -0.4 is 14.5 Å². The van der Waals surface area contributed by atoms with Crippen molar-refractivity contribution in [3.63, 3.8) is 0 Å². The number of fused-ring (bicyclic) bond motifs is 1. The molecule has 1 aromatic carbocycles. The van der Waals surface area contributed by atoms with Crippen molar-refractivity contribution in [1.29, 1.82) is 0 Å². The van der Waals surface area contributed by atoms with Crippen LogP contribution in [0.1, 0.15) is 0 Å². The van der Waals surface area contributed by atoms with E-state index in [1.165, 1.54) is 0 Å². The second-order valence-corrected chi connectivity index (χ2v) is 6.72. The number of rotatable bonds is 4. The monoisotopic (exact) mass is 388 g/mol. The first-order valence-corrected chi connectivity index (χ1v) is 9.43. The van der Waals surface area contributed by atoms with E-state index >= 15 is 0 Å². The van der Waals surface area contributed by atoms with Crippen LogP contribution in [0.5, 0.6) is 5.88 Å². The van der Waals surface area contributed by atoms with Crippen LogP contribution in [0.2, 0.25) is 0 Å². The molecule has 9 heteroatoms. The third-order valence-corrected chi connectivity index (χ3v) is 5.06. The van der Waals surface area contributed by atoms with Crippen molar-refractivity contribution in [3.05, 3.63) is 55.2 Å². The third-order valence-electron chi connectivity index (χ3n) is 5.06. The molecule has 146 valence electrons. The fourth-order valence-corrected chi connectivity index (χ4v) is 3.58. The first-order chi connectivity index (χ1) is 14.3. The zero-order valence-corrected chi connectivity index (χ0v) is 16.0. The molecule has 0 atom stereocenters. The Morgan fingerprint density at radius 1 is 0.897 bits per heavy atom. The minimum atomic E-state index is 0.524. The number of anilines is 2. The Morgan fingerprint density at radius 2 is 1.69 bits per heavy atom. The number of piperazine rings is 1. The summed E-state index contributed by atoms with van der Waals surface area (Å²) in [6.45, 7) is 3.28. The minimum absolute atomic E-state index is 0.524. The molecular weight excluding hydrogens is 368 g/mol. The van der Waals surface area contributed by atoms with Gasteiger partial charge in [-0.2, -0.15) is 10.1 Å². The van der Waals surface area contributed by atoms with Crippen molar-refractivity contribution in [1.82, 2.24) is 29.7 Å². The van der Waals surface area contributed by atoms with Gasteiger partial charge in [0.25, 0.3) is 0 Å². The minimum Gasteiger partial charge on any atom is -0.480 e. The van der Waals surface area contributed by atoms with Gasteiger partial charge in [0, 0.05) is 26.2 Å². The van der Waals surface area contributed by atoms with Crippen molar-refractivity contribution >= 4 is 22.7 Å². The summed E-state index contributed by atoms with van der Waals surface area (Å²) in [4.78, 5) is 22.2. The maximum atomic E-state index is 5.19. The Labute approximate surface area is 167 Å². The molecule has 1 saturated heterocycles. The van der Waals surface area contributed by atoms with Crippen molar-refractivity contribution in [2.24, 2.45) is 0 Å². The lowest BCUT2D eigenvalue weighted by Crippen LogP contribution is -2.47. The maximum Gasteiger partial charge on any atom is 0.233 e. The second-order valence-electron chi connectivity index (χ2n) is 6.72. The number of ether oxygens (including phenoxy) is 1. The van der Waals surface area contributed by atoms with Gasteiger partial charge in [0.2, 0.25) is 5.88 Å². The molecule has 5 rings (SSSR count). The van der Waals surface area contributed by atoms with Crippen LogP contribution in [0, 0.1) is 0 Å². The Kier molecular flexibility index (Phi) is 4.39. The lowest BCUT2D eigenvalue weighted by Gasteiger charge is -2.36. The molecule has 29 heavy (non-hydrogen) atoms. The average molecular weight is 388 g/mol. The third kappa shape index (κ3) is 3.20. The number of para-hydroxylation sites is 1. The number of methoxy groups -OCH3 is 1. The van der Waals surface area contributed by atoms with Gasteiger partial charge in [-0.15, -0.1) is 0 Å². The fraction of sp³-hybridized carbons (Fsp3) is 0.250. The molecule has 0 spiro atoms. The molecule has 0 radical (unpaired) electrons. The van der Waals surface area contributed by atoms with E-state index in [9.17, 15) is 0 Å². The highest BCUT2D eigenvalue weighted by atomic mass is 16.5. The van der Waals surface area contributed by atoms with E-state index in [4.69, 9.17) is 4.74 Å². The number of nitrogens with zero attached hydrogens (tertiary/aromatic N) is 8. The summed E-state index contributed by atoms with van der Waals surface area (Å²) < 4.78 is 7.04. The number of benzene rings is 1.